The van der Waals surface area contributed by atoms with E-state index < -0.39 is 37.9 Å². The maximum Gasteiger partial charge on any atom is 0.287 e. The van der Waals surface area contributed by atoms with Crippen LogP contribution in [0, 0.1) is 10.1 Å². The Balaban J connectivity index is 3.66. The van der Waals surface area contributed by atoms with Crippen molar-refractivity contribution in [3.63, 3.8) is 0 Å². The topological polar surface area (TPSA) is 159 Å². The Morgan fingerprint density at radius 2 is 1.96 bits per heavy atom. The molecular weight excluding hydrogens is 324 g/mol. The van der Waals surface area contributed by atoms with Crippen molar-refractivity contribution in [3.05, 3.63) is 33.4 Å². The molecule has 4 N–H and O–H groups in total. The summed E-state index contributed by atoms with van der Waals surface area (Å²) in [5.41, 5.74) is 9.49. The van der Waals surface area contributed by atoms with Gasteiger partial charge in [-0.05, 0) is 24.5 Å². The van der Waals surface area contributed by atoms with Gasteiger partial charge in [0.2, 0.25) is 0 Å². The summed E-state index contributed by atoms with van der Waals surface area (Å²) in [5, 5.41) is 11.2. The van der Waals surface area contributed by atoms with Crippen molar-refractivity contribution in [2.45, 2.75) is 31.1 Å². The molecule has 0 radical (unpaired) electrons. The Bertz CT molecular complexity index is 767. The number of hydrogen-bond donors (Lipinski definition) is 2. The number of amides is 1. The van der Waals surface area contributed by atoms with Gasteiger partial charge >= 0.3 is 0 Å². The molecule has 0 saturated carbocycles. The number of benzene rings is 1. The number of guanidine groups is 1. The van der Waals surface area contributed by atoms with E-state index in [9.17, 15) is 23.3 Å². The lowest BCUT2D eigenvalue weighted by atomic mass is 10.0. The zero-order valence-electron chi connectivity index (χ0n) is 12.8. The molecule has 126 valence electrons. The number of aryl methyl sites for hydroxylation is 1. The maximum absolute atomic E-state index is 11.9. The van der Waals surface area contributed by atoms with Crippen LogP contribution in [0.3, 0.4) is 0 Å². The van der Waals surface area contributed by atoms with Crippen molar-refractivity contribution in [1.82, 2.24) is 0 Å². The lowest BCUT2D eigenvalue weighted by Gasteiger charge is -2.10. The molecule has 1 amide bonds. The van der Waals surface area contributed by atoms with Crippen LogP contribution in [0.4, 0.5) is 5.69 Å². The molecule has 0 aliphatic rings. The van der Waals surface area contributed by atoms with E-state index in [4.69, 9.17) is 11.5 Å². The van der Waals surface area contributed by atoms with Gasteiger partial charge in [0.25, 0.3) is 11.6 Å². The molecule has 0 heterocycles. The molecule has 0 fully saturated rings. The standard InChI is InChI=1S/C13H18N4O5S/c1-3-4-5-8-6-10(17(19)20)9(12(18)16-13(14)15)7-11(8)23(2,21)22/h6-7H,3-5H2,1-2H3,(H4,14,15,16,18). The lowest BCUT2D eigenvalue weighted by Crippen LogP contribution is -2.24. The minimum absolute atomic E-state index is 0.134. The SMILES string of the molecule is CCCCc1cc([N+](=O)[O-])c(C(=O)N=C(N)N)cc1S(C)(=O)=O. The lowest BCUT2D eigenvalue weighted by molar-refractivity contribution is -0.385. The number of nitrogens with zero attached hydrogens (tertiary/aromatic N) is 2. The second-order valence-corrected chi connectivity index (χ2v) is 6.94. The number of aliphatic imine (C=N–C) groups is 1. The Morgan fingerprint density at radius 1 is 1.35 bits per heavy atom. The first kappa shape index (κ1) is 18.6. The zero-order valence-corrected chi connectivity index (χ0v) is 13.6. The van der Waals surface area contributed by atoms with Crippen LogP contribution in [-0.2, 0) is 16.3 Å². The van der Waals surface area contributed by atoms with E-state index >= 15 is 0 Å². The van der Waals surface area contributed by atoms with Crippen molar-refractivity contribution >= 4 is 27.4 Å². The summed E-state index contributed by atoms with van der Waals surface area (Å²) >= 11 is 0. The van der Waals surface area contributed by atoms with E-state index in [1.807, 2.05) is 6.92 Å². The molecule has 0 aliphatic heterocycles. The monoisotopic (exact) mass is 342 g/mol. The summed E-state index contributed by atoms with van der Waals surface area (Å²) in [5.74, 6) is -1.64. The molecular formula is C13H18N4O5S. The maximum atomic E-state index is 11.9. The molecule has 23 heavy (non-hydrogen) atoms. The quantitative estimate of drug-likeness (QED) is 0.334. The van der Waals surface area contributed by atoms with Gasteiger partial charge in [-0.2, -0.15) is 4.99 Å². The summed E-state index contributed by atoms with van der Waals surface area (Å²) in [4.78, 5) is 25.5. The number of carbonyl (C=O) groups excluding carboxylic acids is 1. The van der Waals surface area contributed by atoms with Crippen LogP contribution in [0.2, 0.25) is 0 Å². The second kappa shape index (κ2) is 7.18. The van der Waals surface area contributed by atoms with Crippen molar-refractivity contribution < 1.29 is 18.1 Å². The van der Waals surface area contributed by atoms with Crippen LogP contribution >= 0.6 is 0 Å². The number of nitro groups is 1. The van der Waals surface area contributed by atoms with Gasteiger partial charge in [0.05, 0.1) is 9.82 Å². The first-order valence-electron chi connectivity index (χ1n) is 6.73. The third kappa shape index (κ3) is 4.74. The van der Waals surface area contributed by atoms with Gasteiger partial charge in [-0.25, -0.2) is 8.42 Å². The average molecular weight is 342 g/mol. The summed E-state index contributed by atoms with van der Waals surface area (Å²) in [7, 11) is -3.68. The van der Waals surface area contributed by atoms with Gasteiger partial charge in [-0.1, -0.05) is 13.3 Å². The van der Waals surface area contributed by atoms with Gasteiger partial charge in [0.15, 0.2) is 15.8 Å². The fourth-order valence-electron chi connectivity index (χ4n) is 2.02. The molecule has 0 aromatic heterocycles. The molecule has 9 nitrogen and oxygen atoms in total. The molecule has 1 aromatic rings. The van der Waals surface area contributed by atoms with Crippen molar-refractivity contribution in [2.24, 2.45) is 16.5 Å². The molecule has 1 rings (SSSR count). The van der Waals surface area contributed by atoms with Crippen LogP contribution in [0.15, 0.2) is 22.0 Å². The number of hydrogen-bond acceptors (Lipinski definition) is 5. The van der Waals surface area contributed by atoms with Gasteiger partial charge in [-0.3, -0.25) is 14.9 Å². The van der Waals surface area contributed by atoms with E-state index in [1.54, 1.807) is 0 Å². The summed E-state index contributed by atoms with van der Waals surface area (Å²) < 4.78 is 23.9. The van der Waals surface area contributed by atoms with Gasteiger partial charge in [0, 0.05) is 12.3 Å². The predicted octanol–water partition coefficient (Wildman–Crippen LogP) is 0.755. The summed E-state index contributed by atoms with van der Waals surface area (Å²) in [6.45, 7) is 1.91. The molecule has 0 aliphatic carbocycles. The third-order valence-electron chi connectivity index (χ3n) is 3.04. The largest absolute Gasteiger partial charge is 0.370 e. The van der Waals surface area contributed by atoms with Crippen LogP contribution < -0.4 is 11.5 Å². The molecule has 0 spiro atoms. The normalized spacial score (nSPS) is 11.0. The minimum Gasteiger partial charge on any atom is -0.370 e. The minimum atomic E-state index is -3.68. The van der Waals surface area contributed by atoms with Crippen LogP contribution in [0.5, 0.6) is 0 Å². The van der Waals surface area contributed by atoms with E-state index in [0.29, 0.717) is 18.4 Å². The average Bonchev–Trinajstić information content (AvgIpc) is 2.42. The Morgan fingerprint density at radius 3 is 2.39 bits per heavy atom. The van der Waals surface area contributed by atoms with E-state index in [1.165, 1.54) is 0 Å². The number of unbranched alkanes of at least 4 members (excludes halogenated alkanes) is 1. The highest BCUT2D eigenvalue weighted by Crippen LogP contribution is 2.28. The fraction of sp³-hybridized carbons (Fsp3) is 0.385. The molecule has 0 saturated heterocycles. The first-order valence-corrected chi connectivity index (χ1v) is 8.62. The van der Waals surface area contributed by atoms with Crippen molar-refractivity contribution in [1.29, 1.82) is 0 Å². The van der Waals surface area contributed by atoms with Crippen LogP contribution in [0.1, 0.15) is 35.7 Å². The molecule has 0 atom stereocenters. The van der Waals surface area contributed by atoms with E-state index in [-0.39, 0.29) is 4.90 Å². The van der Waals surface area contributed by atoms with Crippen molar-refractivity contribution in [2.75, 3.05) is 6.26 Å². The Labute approximate surface area is 133 Å². The molecule has 1 aromatic carbocycles. The Hall–Kier alpha value is -2.49. The van der Waals surface area contributed by atoms with Gasteiger partial charge in [-0.15, -0.1) is 0 Å². The number of carbonyl (C=O) groups is 1. The highest BCUT2D eigenvalue weighted by molar-refractivity contribution is 7.90. The zero-order chi connectivity index (χ0) is 17.8. The van der Waals surface area contributed by atoms with Gasteiger partial charge < -0.3 is 11.5 Å². The number of nitrogens with two attached hydrogens (primary N) is 2. The smallest absolute Gasteiger partial charge is 0.287 e. The highest BCUT2D eigenvalue weighted by Gasteiger charge is 2.26. The van der Waals surface area contributed by atoms with E-state index in [0.717, 1.165) is 24.8 Å². The summed E-state index contributed by atoms with van der Waals surface area (Å²) in [6, 6.07) is 2.06. The van der Waals surface area contributed by atoms with E-state index in [2.05, 4.69) is 4.99 Å². The highest BCUT2D eigenvalue weighted by atomic mass is 32.2. The fourth-order valence-corrected chi connectivity index (χ4v) is 2.99. The number of rotatable bonds is 6. The van der Waals surface area contributed by atoms with Crippen LogP contribution in [0.25, 0.3) is 0 Å². The second-order valence-electron chi connectivity index (χ2n) is 4.95. The molecule has 0 unspecified atom stereocenters. The van der Waals surface area contributed by atoms with Crippen molar-refractivity contribution in [3.8, 4) is 0 Å². The Kier molecular flexibility index (Phi) is 5.79. The first-order chi connectivity index (χ1) is 10.6. The number of sulfone groups is 1. The van der Waals surface area contributed by atoms with Crippen LogP contribution in [-0.4, -0.2) is 31.5 Å². The predicted molar refractivity (Wildman–Crippen MR) is 85.0 cm³/mol. The summed E-state index contributed by atoms with van der Waals surface area (Å²) in [6.07, 6.45) is 2.75. The third-order valence-corrected chi connectivity index (χ3v) is 4.21. The molecule has 10 heteroatoms. The molecule has 0 bridgehead atoms. The number of nitro benzene ring substituents is 1. The van der Waals surface area contributed by atoms with Gasteiger partial charge in [0.1, 0.15) is 5.56 Å².